The quantitative estimate of drug-likeness (QED) is 0.657. The van der Waals surface area contributed by atoms with E-state index in [0.29, 0.717) is 11.1 Å². The van der Waals surface area contributed by atoms with E-state index in [1.54, 1.807) is 24.3 Å². The van der Waals surface area contributed by atoms with Crippen LogP contribution >= 0.6 is 0 Å². The van der Waals surface area contributed by atoms with Gasteiger partial charge in [0.25, 0.3) is 5.91 Å². The zero-order valence-electron chi connectivity index (χ0n) is 16.0. The van der Waals surface area contributed by atoms with Gasteiger partial charge in [-0.3, -0.25) is 9.78 Å². The number of aromatic nitrogens is 1. The molecule has 2 aromatic rings. The fourth-order valence-electron chi connectivity index (χ4n) is 3.52. The van der Waals surface area contributed by atoms with Gasteiger partial charge in [0, 0.05) is 41.3 Å². The van der Waals surface area contributed by atoms with E-state index in [0.717, 1.165) is 23.4 Å². The van der Waals surface area contributed by atoms with Crippen LogP contribution in [0.5, 0.6) is 0 Å². The van der Waals surface area contributed by atoms with Crippen molar-refractivity contribution in [3.8, 4) is 0 Å². The van der Waals surface area contributed by atoms with Crippen LogP contribution < -0.4 is 10.3 Å². The topological polar surface area (TPSA) is 57.6 Å². The summed E-state index contributed by atoms with van der Waals surface area (Å²) in [6.07, 6.45) is 6.57. The van der Waals surface area contributed by atoms with E-state index in [1.165, 1.54) is 18.6 Å². The van der Waals surface area contributed by atoms with Gasteiger partial charge < -0.3 is 4.90 Å². The third-order valence-electron chi connectivity index (χ3n) is 4.72. The van der Waals surface area contributed by atoms with Crippen molar-refractivity contribution in [2.24, 2.45) is 5.10 Å². The molecule has 0 fully saturated rings. The van der Waals surface area contributed by atoms with Crippen molar-refractivity contribution in [2.75, 3.05) is 11.4 Å². The van der Waals surface area contributed by atoms with Crippen LogP contribution in [0.2, 0.25) is 0 Å². The number of halogens is 1. The molecule has 0 saturated heterocycles. The Labute approximate surface area is 158 Å². The van der Waals surface area contributed by atoms with Crippen molar-refractivity contribution in [1.29, 1.82) is 0 Å². The number of nitrogens with one attached hydrogen (secondary N) is 1. The average molecular weight is 366 g/mol. The molecule has 6 heteroatoms. The lowest BCUT2D eigenvalue weighted by Gasteiger charge is -2.42. The van der Waals surface area contributed by atoms with Crippen molar-refractivity contribution in [3.05, 3.63) is 65.2 Å². The summed E-state index contributed by atoms with van der Waals surface area (Å²) >= 11 is 0. The first-order valence-corrected chi connectivity index (χ1v) is 8.88. The summed E-state index contributed by atoms with van der Waals surface area (Å²) in [5, 5.41) is 3.90. The average Bonchev–Trinajstić information content (AvgIpc) is 2.63. The fraction of sp³-hybridized carbons (Fsp3) is 0.286. The monoisotopic (exact) mass is 366 g/mol. The number of fused-ring (bicyclic) bond motifs is 1. The first-order chi connectivity index (χ1) is 12.8. The first kappa shape index (κ1) is 18.8. The maximum Gasteiger partial charge on any atom is 0.271 e. The van der Waals surface area contributed by atoms with Gasteiger partial charge in [0.05, 0.1) is 11.8 Å². The number of rotatable bonds is 4. The number of carbonyl (C=O) groups is 1. The zero-order valence-corrected chi connectivity index (χ0v) is 16.0. The van der Waals surface area contributed by atoms with Crippen LogP contribution in [0.4, 0.5) is 10.1 Å². The number of carbonyl (C=O) groups excluding carboxylic acids is 1. The van der Waals surface area contributed by atoms with Gasteiger partial charge in [-0.25, -0.2) is 9.82 Å². The van der Waals surface area contributed by atoms with E-state index in [2.05, 4.69) is 47.3 Å². The second-order valence-corrected chi connectivity index (χ2v) is 7.05. The number of allylic oxidation sites excluding steroid dienone is 1. The Morgan fingerprint density at radius 2 is 2.04 bits per heavy atom. The summed E-state index contributed by atoms with van der Waals surface area (Å²) in [6.45, 7) is 9.09. The van der Waals surface area contributed by atoms with Crippen LogP contribution in [0.25, 0.3) is 5.57 Å². The second kappa shape index (κ2) is 7.31. The number of amides is 1. The van der Waals surface area contributed by atoms with Crippen LogP contribution in [0, 0.1) is 5.82 Å². The molecule has 1 aromatic heterocycles. The third-order valence-corrected chi connectivity index (χ3v) is 4.72. The van der Waals surface area contributed by atoms with E-state index in [1.807, 2.05) is 6.92 Å². The molecule has 0 unspecified atom stereocenters. The Kier molecular flexibility index (Phi) is 5.08. The third kappa shape index (κ3) is 3.74. The molecule has 0 atom stereocenters. The van der Waals surface area contributed by atoms with Gasteiger partial charge in [-0.15, -0.1) is 0 Å². The van der Waals surface area contributed by atoms with Crippen molar-refractivity contribution >= 4 is 23.4 Å². The molecule has 1 aliphatic rings. The number of anilines is 1. The van der Waals surface area contributed by atoms with Gasteiger partial charge in [0.15, 0.2) is 0 Å². The molecule has 1 amide bonds. The van der Waals surface area contributed by atoms with Crippen molar-refractivity contribution in [3.63, 3.8) is 0 Å². The van der Waals surface area contributed by atoms with E-state index in [9.17, 15) is 9.18 Å². The first-order valence-electron chi connectivity index (χ1n) is 8.88. The summed E-state index contributed by atoms with van der Waals surface area (Å²) < 4.78 is 14.7. The Morgan fingerprint density at radius 1 is 1.33 bits per heavy atom. The number of hydrogen-bond acceptors (Lipinski definition) is 4. The SMILES string of the molecule is CCN1c2cc(F)c(/C=N\NC(=O)c3ccncc3)cc2C(C)=CC1(C)C. The van der Waals surface area contributed by atoms with Gasteiger partial charge in [0.1, 0.15) is 5.82 Å². The molecule has 1 aliphatic heterocycles. The molecular formula is C21H23FN4O. The summed E-state index contributed by atoms with van der Waals surface area (Å²) in [5.74, 6) is -0.749. The van der Waals surface area contributed by atoms with E-state index >= 15 is 0 Å². The van der Waals surface area contributed by atoms with Crippen LogP contribution in [0.15, 0.2) is 47.8 Å². The summed E-state index contributed by atoms with van der Waals surface area (Å²) in [6, 6.07) is 6.48. The van der Waals surface area contributed by atoms with Crippen molar-refractivity contribution in [2.45, 2.75) is 33.2 Å². The number of likely N-dealkylation sites (N-methyl/N-ethyl adjacent to an activating group) is 1. The maximum atomic E-state index is 14.7. The molecule has 140 valence electrons. The van der Waals surface area contributed by atoms with Crippen LogP contribution in [0.1, 0.15) is 49.2 Å². The summed E-state index contributed by atoms with van der Waals surface area (Å²) in [5.41, 5.74) is 5.94. The van der Waals surface area contributed by atoms with E-state index < -0.39 is 0 Å². The molecule has 0 saturated carbocycles. The normalized spacial score (nSPS) is 15.4. The van der Waals surface area contributed by atoms with Gasteiger partial charge in [-0.05, 0) is 57.5 Å². The number of hydrazone groups is 1. The zero-order chi connectivity index (χ0) is 19.6. The standard InChI is InChI=1S/C21H23FN4O/c1-5-26-19-11-18(22)16(10-17(19)14(2)12-21(26,3)4)13-24-25-20(27)15-6-8-23-9-7-15/h6-13H,5H2,1-4H3,(H,25,27)/b24-13-. The van der Waals surface area contributed by atoms with E-state index in [4.69, 9.17) is 0 Å². The lowest BCUT2D eigenvalue weighted by atomic mass is 9.88. The molecule has 0 aliphatic carbocycles. The molecule has 0 radical (unpaired) electrons. The van der Waals surface area contributed by atoms with Gasteiger partial charge in [-0.2, -0.15) is 5.10 Å². The largest absolute Gasteiger partial charge is 0.363 e. The van der Waals surface area contributed by atoms with Crippen molar-refractivity contribution in [1.82, 2.24) is 10.4 Å². The molecule has 3 rings (SSSR count). The predicted octanol–water partition coefficient (Wildman–Crippen LogP) is 4.01. The highest BCUT2D eigenvalue weighted by molar-refractivity contribution is 5.95. The molecular weight excluding hydrogens is 343 g/mol. The second-order valence-electron chi connectivity index (χ2n) is 7.05. The minimum atomic E-state index is -0.375. The minimum Gasteiger partial charge on any atom is -0.363 e. The highest BCUT2D eigenvalue weighted by atomic mass is 19.1. The molecule has 0 spiro atoms. The van der Waals surface area contributed by atoms with Crippen LogP contribution in [-0.4, -0.2) is 29.2 Å². The maximum absolute atomic E-state index is 14.7. The van der Waals surface area contributed by atoms with Crippen LogP contribution in [0.3, 0.4) is 0 Å². The summed E-state index contributed by atoms with van der Waals surface area (Å²) in [4.78, 5) is 18.0. The molecule has 0 bridgehead atoms. The van der Waals surface area contributed by atoms with E-state index in [-0.39, 0.29) is 17.3 Å². The molecule has 1 aromatic carbocycles. The Bertz CT molecular complexity index is 919. The fourth-order valence-corrected chi connectivity index (χ4v) is 3.52. The van der Waals surface area contributed by atoms with Crippen molar-refractivity contribution < 1.29 is 9.18 Å². The van der Waals surface area contributed by atoms with Crippen LogP contribution in [-0.2, 0) is 0 Å². The number of pyridine rings is 1. The van der Waals surface area contributed by atoms with Gasteiger partial charge in [-0.1, -0.05) is 6.08 Å². The Hall–Kier alpha value is -3.02. The number of nitrogens with zero attached hydrogens (tertiary/aromatic N) is 3. The van der Waals surface area contributed by atoms with Gasteiger partial charge in [0.2, 0.25) is 0 Å². The Balaban J connectivity index is 1.86. The smallest absolute Gasteiger partial charge is 0.271 e. The molecule has 1 N–H and O–H groups in total. The molecule has 27 heavy (non-hydrogen) atoms. The molecule has 5 nitrogen and oxygen atoms in total. The number of benzene rings is 1. The number of hydrogen-bond donors (Lipinski definition) is 1. The lowest BCUT2D eigenvalue weighted by molar-refractivity contribution is 0.0955. The highest BCUT2D eigenvalue weighted by Gasteiger charge is 2.30. The molecule has 2 heterocycles. The lowest BCUT2D eigenvalue weighted by Crippen LogP contribution is -2.45. The van der Waals surface area contributed by atoms with Gasteiger partial charge >= 0.3 is 0 Å². The summed E-state index contributed by atoms with van der Waals surface area (Å²) in [7, 11) is 0. The minimum absolute atomic E-state index is 0.174. The predicted molar refractivity (Wildman–Crippen MR) is 106 cm³/mol. The Morgan fingerprint density at radius 3 is 2.70 bits per heavy atom. The highest BCUT2D eigenvalue weighted by Crippen LogP contribution is 2.39.